The summed E-state index contributed by atoms with van der Waals surface area (Å²) >= 11 is 0. The molecule has 1 aromatic carbocycles. The van der Waals surface area contributed by atoms with Crippen LogP contribution < -0.4 is 15.4 Å². The molecule has 0 aromatic heterocycles. The molecule has 126 valence electrons. The number of nitrogens with one attached hydrogen (secondary N) is 1. The lowest BCUT2D eigenvalue weighted by molar-refractivity contribution is -0.908. The van der Waals surface area contributed by atoms with Gasteiger partial charge in [-0.05, 0) is 31.2 Å². The molecule has 2 rings (SSSR count). The Balaban J connectivity index is 1.72. The van der Waals surface area contributed by atoms with Crippen LogP contribution in [-0.2, 0) is 4.79 Å². The van der Waals surface area contributed by atoms with Crippen molar-refractivity contribution in [3.8, 4) is 5.75 Å². The summed E-state index contributed by atoms with van der Waals surface area (Å²) in [4.78, 5) is 23.6. The van der Waals surface area contributed by atoms with Crippen LogP contribution in [0, 0.1) is 5.92 Å². The average molecular weight is 321 g/mol. The van der Waals surface area contributed by atoms with Crippen molar-refractivity contribution in [2.24, 2.45) is 11.7 Å². The Morgan fingerprint density at radius 3 is 2.43 bits per heavy atom. The summed E-state index contributed by atoms with van der Waals surface area (Å²) in [5, 5.41) is 10.1. The minimum Gasteiger partial charge on any atom is -0.491 e. The fourth-order valence-electron chi connectivity index (χ4n) is 2.89. The van der Waals surface area contributed by atoms with E-state index in [1.165, 1.54) is 11.8 Å². The number of aliphatic hydroxyl groups excluding tert-OH is 1. The fraction of sp³-hybridized carbons (Fsp3) is 0.529. The van der Waals surface area contributed by atoms with Crippen LogP contribution in [0.15, 0.2) is 24.3 Å². The molecule has 1 amide bonds. The molecule has 6 heteroatoms. The van der Waals surface area contributed by atoms with E-state index in [1.807, 2.05) is 0 Å². The van der Waals surface area contributed by atoms with Gasteiger partial charge < -0.3 is 20.5 Å². The molecule has 1 aliphatic heterocycles. The minimum absolute atomic E-state index is 0.0135. The maximum Gasteiger partial charge on any atom is 0.220 e. The van der Waals surface area contributed by atoms with Crippen molar-refractivity contribution in [2.75, 3.05) is 26.2 Å². The molecule has 0 spiro atoms. The van der Waals surface area contributed by atoms with Crippen molar-refractivity contribution in [3.63, 3.8) is 0 Å². The number of primary amides is 1. The molecular weight excluding hydrogens is 296 g/mol. The summed E-state index contributed by atoms with van der Waals surface area (Å²) < 4.78 is 5.55. The Morgan fingerprint density at radius 1 is 1.30 bits per heavy atom. The van der Waals surface area contributed by atoms with Crippen LogP contribution in [0.3, 0.4) is 0 Å². The van der Waals surface area contributed by atoms with E-state index in [4.69, 9.17) is 10.5 Å². The van der Waals surface area contributed by atoms with Crippen LogP contribution in [0.2, 0.25) is 0 Å². The number of aliphatic hydroxyl groups is 1. The van der Waals surface area contributed by atoms with Gasteiger partial charge in [-0.2, -0.15) is 0 Å². The van der Waals surface area contributed by atoms with Crippen molar-refractivity contribution in [1.29, 1.82) is 0 Å². The Kier molecular flexibility index (Phi) is 6.12. The van der Waals surface area contributed by atoms with Crippen LogP contribution in [0.25, 0.3) is 0 Å². The summed E-state index contributed by atoms with van der Waals surface area (Å²) in [6.07, 6.45) is 0.998. The SMILES string of the molecule is CC(=O)c1ccc(OC[C@@H](O)C[NH+]2CCC(C(N)=O)CC2)cc1. The number of nitrogens with two attached hydrogens (primary N) is 1. The third-order valence-corrected chi connectivity index (χ3v) is 4.32. The van der Waals surface area contributed by atoms with E-state index in [9.17, 15) is 14.7 Å². The second-order valence-electron chi connectivity index (χ2n) is 6.18. The van der Waals surface area contributed by atoms with Crippen molar-refractivity contribution in [2.45, 2.75) is 25.9 Å². The zero-order valence-corrected chi connectivity index (χ0v) is 13.5. The second-order valence-corrected chi connectivity index (χ2v) is 6.18. The van der Waals surface area contributed by atoms with Crippen molar-refractivity contribution < 1.29 is 24.3 Å². The first-order valence-electron chi connectivity index (χ1n) is 8.00. The number of quaternary nitrogens is 1. The van der Waals surface area contributed by atoms with Gasteiger partial charge in [0, 0.05) is 24.3 Å². The molecule has 6 nitrogen and oxygen atoms in total. The van der Waals surface area contributed by atoms with Crippen LogP contribution in [0.4, 0.5) is 0 Å². The smallest absolute Gasteiger partial charge is 0.220 e. The van der Waals surface area contributed by atoms with E-state index in [1.54, 1.807) is 24.3 Å². The minimum atomic E-state index is -0.567. The molecule has 0 radical (unpaired) electrons. The van der Waals surface area contributed by atoms with Gasteiger partial charge >= 0.3 is 0 Å². The highest BCUT2D eigenvalue weighted by Crippen LogP contribution is 2.13. The quantitative estimate of drug-likeness (QED) is 0.585. The summed E-state index contributed by atoms with van der Waals surface area (Å²) in [5.41, 5.74) is 5.96. The summed E-state index contributed by atoms with van der Waals surface area (Å²) in [7, 11) is 0. The first-order valence-corrected chi connectivity index (χ1v) is 8.00. The normalized spacial score (nSPS) is 22.3. The fourth-order valence-corrected chi connectivity index (χ4v) is 2.89. The maximum atomic E-state index is 11.2. The number of amides is 1. The predicted octanol–water partition coefficient (Wildman–Crippen LogP) is -0.591. The third kappa shape index (κ3) is 5.33. The van der Waals surface area contributed by atoms with Gasteiger partial charge in [-0.1, -0.05) is 0 Å². The standard InChI is InChI=1S/C17H24N2O4/c1-12(20)13-2-4-16(5-3-13)23-11-15(21)10-19-8-6-14(7-9-19)17(18)22/h2-5,14-15,21H,6-11H2,1H3,(H2,18,22)/p+1/t15-/m0/s1. The molecule has 0 aliphatic carbocycles. The highest BCUT2D eigenvalue weighted by atomic mass is 16.5. The van der Waals surface area contributed by atoms with Crippen LogP contribution in [-0.4, -0.2) is 49.1 Å². The molecule has 1 aromatic rings. The van der Waals surface area contributed by atoms with E-state index < -0.39 is 6.10 Å². The Bertz CT molecular complexity index is 536. The molecule has 0 saturated carbocycles. The molecule has 1 aliphatic rings. The van der Waals surface area contributed by atoms with E-state index >= 15 is 0 Å². The van der Waals surface area contributed by atoms with Gasteiger partial charge in [0.1, 0.15) is 25.0 Å². The first-order chi connectivity index (χ1) is 11.0. The van der Waals surface area contributed by atoms with Crippen LogP contribution in [0.5, 0.6) is 5.75 Å². The van der Waals surface area contributed by atoms with Crippen LogP contribution in [0.1, 0.15) is 30.1 Å². The monoisotopic (exact) mass is 321 g/mol. The summed E-state index contributed by atoms with van der Waals surface area (Å²) in [6, 6.07) is 6.89. The van der Waals surface area contributed by atoms with Gasteiger partial charge in [0.25, 0.3) is 0 Å². The number of hydrogen-bond donors (Lipinski definition) is 3. The molecule has 0 unspecified atom stereocenters. The lowest BCUT2D eigenvalue weighted by Crippen LogP contribution is -3.14. The zero-order valence-electron chi connectivity index (χ0n) is 13.5. The molecule has 1 fully saturated rings. The summed E-state index contributed by atoms with van der Waals surface area (Å²) in [5.74, 6) is 0.407. The number of ketones is 1. The number of Topliss-reactive ketones (excluding diaryl/α,β-unsaturated/α-hetero) is 1. The first kappa shape index (κ1) is 17.4. The molecule has 1 saturated heterocycles. The molecule has 1 heterocycles. The largest absolute Gasteiger partial charge is 0.491 e. The number of hydrogen-bond acceptors (Lipinski definition) is 4. The van der Waals surface area contributed by atoms with Gasteiger partial charge in [0.15, 0.2) is 5.78 Å². The zero-order chi connectivity index (χ0) is 16.8. The highest BCUT2D eigenvalue weighted by molar-refractivity contribution is 5.94. The van der Waals surface area contributed by atoms with Gasteiger partial charge in [0.05, 0.1) is 13.1 Å². The van der Waals surface area contributed by atoms with Gasteiger partial charge in [-0.25, -0.2) is 0 Å². The van der Waals surface area contributed by atoms with E-state index in [2.05, 4.69) is 0 Å². The third-order valence-electron chi connectivity index (χ3n) is 4.32. The molecular formula is C17H25N2O4+. The predicted molar refractivity (Wildman–Crippen MR) is 85.4 cm³/mol. The maximum absolute atomic E-state index is 11.2. The van der Waals surface area contributed by atoms with Gasteiger partial charge in [-0.15, -0.1) is 0 Å². The van der Waals surface area contributed by atoms with Crippen molar-refractivity contribution in [1.82, 2.24) is 0 Å². The Morgan fingerprint density at radius 2 is 1.91 bits per heavy atom. The molecule has 23 heavy (non-hydrogen) atoms. The number of rotatable bonds is 7. The van der Waals surface area contributed by atoms with E-state index in [-0.39, 0.29) is 24.2 Å². The number of ether oxygens (including phenoxy) is 1. The van der Waals surface area contributed by atoms with E-state index in [0.717, 1.165) is 25.9 Å². The van der Waals surface area contributed by atoms with Crippen LogP contribution >= 0.6 is 0 Å². The number of benzene rings is 1. The molecule has 1 atom stereocenters. The van der Waals surface area contributed by atoms with Gasteiger partial charge in [-0.3, -0.25) is 9.59 Å². The lowest BCUT2D eigenvalue weighted by Gasteiger charge is -2.29. The van der Waals surface area contributed by atoms with Crippen molar-refractivity contribution in [3.05, 3.63) is 29.8 Å². The number of piperidine rings is 1. The van der Waals surface area contributed by atoms with Gasteiger partial charge in [0.2, 0.25) is 5.91 Å². The topological polar surface area (TPSA) is 94.1 Å². The Labute approximate surface area is 136 Å². The summed E-state index contributed by atoms with van der Waals surface area (Å²) in [6.45, 7) is 4.01. The average Bonchev–Trinajstić information content (AvgIpc) is 2.54. The van der Waals surface area contributed by atoms with E-state index in [0.29, 0.717) is 17.9 Å². The molecule has 4 N–H and O–H groups in total. The van der Waals surface area contributed by atoms with Crippen molar-refractivity contribution >= 4 is 11.7 Å². The highest BCUT2D eigenvalue weighted by Gasteiger charge is 2.27. The Hall–Kier alpha value is -1.92. The lowest BCUT2D eigenvalue weighted by atomic mass is 9.96. The number of carbonyl (C=O) groups excluding carboxylic acids is 2. The second kappa shape index (κ2) is 8.08. The molecule has 0 bridgehead atoms. The number of likely N-dealkylation sites (tertiary alicyclic amines) is 1. The number of carbonyl (C=O) groups is 2.